The Hall–Kier alpha value is -8.31. The van der Waals surface area contributed by atoms with Crippen molar-refractivity contribution in [3.63, 3.8) is 0 Å². The number of methoxy groups -OCH3 is 3. The number of H-pyrrole nitrogens is 1. The molecule has 0 radical (unpaired) electrons. The molecular formula is C68H50BBrCl3F3N6O9S5. The van der Waals surface area contributed by atoms with Crippen molar-refractivity contribution in [2.75, 3.05) is 21.3 Å². The minimum absolute atomic E-state index is 0.0267. The number of fused-ring (bicyclic) bond motifs is 3. The summed E-state index contributed by atoms with van der Waals surface area (Å²) < 4.78 is 118. The fourth-order valence-electron chi connectivity index (χ4n) is 10.3. The minimum Gasteiger partial charge on any atom is -0.493 e. The maximum absolute atomic E-state index is 14.5. The van der Waals surface area contributed by atoms with Crippen LogP contribution in [-0.4, -0.2) is 83.2 Å². The topological polar surface area (TPSA) is 201 Å². The highest BCUT2D eigenvalue weighted by Gasteiger charge is 2.28. The van der Waals surface area contributed by atoms with Crippen LogP contribution >= 0.6 is 84.7 Å². The third-order valence-electron chi connectivity index (χ3n) is 14.8. The molecule has 488 valence electrons. The average Bonchev–Trinajstić information content (AvgIpc) is 1.60. The summed E-state index contributed by atoms with van der Waals surface area (Å²) in [5.74, 6) is -1.17. The molecule has 0 amide bonds. The lowest BCUT2D eigenvalue weighted by Gasteiger charge is -2.08. The Bertz CT molecular complexity index is 5440. The van der Waals surface area contributed by atoms with Gasteiger partial charge in [0.2, 0.25) is 0 Å². The van der Waals surface area contributed by atoms with Crippen molar-refractivity contribution in [2.45, 2.75) is 23.6 Å². The van der Waals surface area contributed by atoms with E-state index in [2.05, 4.69) is 35.9 Å². The Morgan fingerprint density at radius 2 is 0.906 bits per heavy atom. The van der Waals surface area contributed by atoms with Crippen LogP contribution in [0.1, 0.15) is 11.1 Å². The van der Waals surface area contributed by atoms with Crippen LogP contribution in [0.4, 0.5) is 13.2 Å². The van der Waals surface area contributed by atoms with Gasteiger partial charge >= 0.3 is 7.12 Å². The van der Waals surface area contributed by atoms with E-state index in [4.69, 9.17) is 59.1 Å². The van der Waals surface area contributed by atoms with E-state index in [1.807, 2.05) is 56.4 Å². The van der Waals surface area contributed by atoms with Crippen LogP contribution in [-0.2, 0) is 20.0 Å². The second kappa shape index (κ2) is 29.2. The lowest BCUT2D eigenvalue weighted by Crippen LogP contribution is -2.26. The maximum Gasteiger partial charge on any atom is 0.499 e. The van der Waals surface area contributed by atoms with E-state index < -0.39 is 44.6 Å². The quantitative estimate of drug-likeness (QED) is 0.0924. The number of pyridine rings is 3. The first-order chi connectivity index (χ1) is 46.0. The van der Waals surface area contributed by atoms with Gasteiger partial charge in [-0.05, 0) is 121 Å². The van der Waals surface area contributed by atoms with Crippen molar-refractivity contribution in [2.24, 2.45) is 0 Å². The van der Waals surface area contributed by atoms with Gasteiger partial charge in [0.1, 0.15) is 5.65 Å². The summed E-state index contributed by atoms with van der Waals surface area (Å²) in [5.41, 5.74) is 8.23. The van der Waals surface area contributed by atoms with Crippen molar-refractivity contribution in [1.29, 1.82) is 0 Å². The second-order valence-electron chi connectivity index (χ2n) is 20.9. The number of aromatic nitrogens is 6. The van der Waals surface area contributed by atoms with E-state index in [-0.39, 0.29) is 38.3 Å². The molecular weight excluding hydrogens is 1460 g/mol. The van der Waals surface area contributed by atoms with E-state index in [1.54, 1.807) is 116 Å². The van der Waals surface area contributed by atoms with Crippen LogP contribution in [0.25, 0.3) is 87.4 Å². The summed E-state index contributed by atoms with van der Waals surface area (Å²) in [6.07, 6.45) is 9.67. The van der Waals surface area contributed by atoms with Crippen molar-refractivity contribution >= 4 is 150 Å². The summed E-state index contributed by atoms with van der Waals surface area (Å²) in [7, 11) is -5.05. The highest BCUT2D eigenvalue weighted by Crippen LogP contribution is 2.44. The lowest BCUT2D eigenvalue weighted by molar-refractivity contribution is 0.388. The van der Waals surface area contributed by atoms with Gasteiger partial charge in [-0.2, -0.15) is 0 Å². The molecule has 0 saturated heterocycles. The number of hydrogen-bond donors (Lipinski definition) is 3. The Labute approximate surface area is 584 Å². The summed E-state index contributed by atoms with van der Waals surface area (Å²) in [6, 6.07) is 43.4. The van der Waals surface area contributed by atoms with Crippen molar-refractivity contribution in [3.05, 3.63) is 241 Å². The average molecular weight is 1510 g/mol. The highest BCUT2D eigenvalue weighted by atomic mass is 79.9. The molecule has 0 spiro atoms. The van der Waals surface area contributed by atoms with Crippen molar-refractivity contribution in [3.8, 4) is 71.5 Å². The lowest BCUT2D eigenvalue weighted by atomic mass is 9.90. The van der Waals surface area contributed by atoms with Gasteiger partial charge in [-0.1, -0.05) is 113 Å². The number of ether oxygens (including phenoxy) is 3. The first-order valence-corrected chi connectivity index (χ1v) is 35.7. The second-order valence-corrected chi connectivity index (χ2v) is 30.7. The van der Waals surface area contributed by atoms with Gasteiger partial charge < -0.3 is 29.2 Å². The van der Waals surface area contributed by atoms with E-state index in [1.165, 1.54) is 80.8 Å². The van der Waals surface area contributed by atoms with Crippen LogP contribution in [0.5, 0.6) is 17.2 Å². The number of halogens is 7. The zero-order valence-corrected chi connectivity index (χ0v) is 58.7. The molecule has 14 aromatic rings. The predicted octanol–water partition coefficient (Wildman–Crippen LogP) is 17.8. The first-order valence-electron chi connectivity index (χ1n) is 28.4. The van der Waals surface area contributed by atoms with Crippen molar-refractivity contribution in [1.82, 2.24) is 27.9 Å². The minimum atomic E-state index is -3.97. The molecule has 9 aromatic heterocycles. The largest absolute Gasteiger partial charge is 0.499 e. The molecule has 5 aromatic carbocycles. The van der Waals surface area contributed by atoms with Crippen LogP contribution < -0.4 is 19.0 Å². The highest BCUT2D eigenvalue weighted by molar-refractivity contribution is 9.10. The van der Waals surface area contributed by atoms with Gasteiger partial charge in [-0.25, -0.2) is 52.9 Å². The number of aryl methyl sites for hydroxylation is 2. The third kappa shape index (κ3) is 14.4. The van der Waals surface area contributed by atoms with Gasteiger partial charge in [-0.15, -0.1) is 34.0 Å². The molecule has 0 aliphatic heterocycles. The van der Waals surface area contributed by atoms with E-state index in [0.29, 0.717) is 56.5 Å². The summed E-state index contributed by atoms with van der Waals surface area (Å²) in [4.78, 5) is 18.6. The predicted molar refractivity (Wildman–Crippen MR) is 382 cm³/mol. The van der Waals surface area contributed by atoms with Crippen molar-refractivity contribution < 1.29 is 54.3 Å². The molecule has 0 saturated carbocycles. The molecule has 9 heterocycles. The summed E-state index contributed by atoms with van der Waals surface area (Å²) in [5, 5.41) is 19.1. The first kappa shape index (κ1) is 69.1. The third-order valence-corrected chi connectivity index (χ3v) is 22.4. The normalized spacial score (nSPS) is 11.4. The van der Waals surface area contributed by atoms with E-state index >= 15 is 0 Å². The van der Waals surface area contributed by atoms with Gasteiger partial charge in [-0.3, -0.25) is 0 Å². The van der Waals surface area contributed by atoms with Crippen LogP contribution in [0, 0.1) is 31.3 Å². The summed E-state index contributed by atoms with van der Waals surface area (Å²) >= 11 is 25.1. The Balaban J connectivity index is 0.000000139. The molecule has 0 aliphatic rings. The standard InChI is InChI=1S/C25H18ClFN2O3S2.C21H16BrFN2O3S.C18H12ClFN2OS.C4H4BClO2S/c1-15-6-8-17(9-7-15)34(30,31)29-14-20(18-4-3-5-21(27)24(18)32-2)19-12-16(13-28-25(19)29)22-10-11-23(26)33-22;1-13-6-8-15(9-7-13)29(26,27)25-12-18(17-10-14(22)11-24-21(17)25)16-4-3-5-19(23)20(16)28-2;1-23-17-11(3-2-4-14(17)20)13-9-22-18-12(13)7-10(8-21-18)15-5-6-16(19)24-15;6-4-2-1-3(9-4)5(7)8/h3-14H,1-2H3;3-12H,1-2H3;2-9H,1H3,(H,21,22);1-2,7-8H. The fraction of sp³-hybridized carbons (Fsp3) is 0.0735. The smallest absolute Gasteiger partial charge is 0.493 e. The van der Waals surface area contributed by atoms with Gasteiger partial charge in [0.25, 0.3) is 20.0 Å². The molecule has 28 heteroatoms. The van der Waals surface area contributed by atoms with Crippen LogP contribution in [0.3, 0.4) is 0 Å². The molecule has 15 nitrogen and oxygen atoms in total. The molecule has 3 N–H and O–H groups in total. The molecule has 14 rings (SSSR count). The number of hydrogen-bond acceptors (Lipinski definition) is 15. The number of benzene rings is 5. The Morgan fingerprint density at radius 3 is 1.31 bits per heavy atom. The molecule has 0 fully saturated rings. The Morgan fingerprint density at radius 1 is 0.500 bits per heavy atom. The summed E-state index contributed by atoms with van der Waals surface area (Å²) in [6.45, 7) is 3.77. The van der Waals surface area contributed by atoms with E-state index in [0.717, 1.165) is 72.2 Å². The SMILES string of the molecule is COc1c(F)cccc1-c1c[nH]c2ncc(-c3ccc(Cl)s3)cc12.COc1c(F)cccc1-c1cn(S(=O)(=O)c2ccc(C)cc2)c2ncc(-c3ccc(Cl)s3)cc12.COc1c(F)cccc1-c1cn(S(=O)(=O)c2ccc(C)cc2)c2ncc(Br)cc12.OB(O)c1ccc(Cl)s1. The monoisotopic (exact) mass is 1510 g/mol. The Kier molecular flexibility index (Phi) is 21.0. The molecule has 96 heavy (non-hydrogen) atoms. The number of thiophene rings is 3. The van der Waals surface area contributed by atoms with Gasteiger partial charge in [0, 0.05) is 117 Å². The molecule has 0 bridgehead atoms. The molecule has 0 aliphatic carbocycles. The number of para-hydroxylation sites is 3. The zero-order valence-electron chi connectivity index (χ0n) is 50.7. The number of nitrogens with zero attached hydrogens (tertiary/aromatic N) is 5. The molecule has 0 atom stereocenters. The zero-order chi connectivity index (χ0) is 68.3. The fourth-order valence-corrected chi connectivity index (χ4v) is 16.2. The maximum atomic E-state index is 14.5. The van der Waals surface area contributed by atoms with Gasteiger partial charge in [0.05, 0.1) is 44.1 Å². The number of nitrogens with one attached hydrogen (secondary N) is 1. The van der Waals surface area contributed by atoms with Crippen LogP contribution in [0.15, 0.2) is 209 Å². The van der Waals surface area contributed by atoms with Crippen LogP contribution in [0.2, 0.25) is 13.0 Å². The van der Waals surface area contributed by atoms with E-state index in [9.17, 15) is 30.0 Å². The molecule has 0 unspecified atom stereocenters. The number of rotatable bonds is 13. The van der Waals surface area contributed by atoms with Gasteiger partial charge in [0.15, 0.2) is 46.0 Å². The number of aromatic amines is 1.